The molecule has 4 nitrogen and oxygen atoms in total. The van der Waals surface area contributed by atoms with Crippen LogP contribution in [0.5, 0.6) is 0 Å². The van der Waals surface area contributed by atoms with Crippen molar-refractivity contribution in [3.8, 4) is 0 Å². The van der Waals surface area contributed by atoms with Gasteiger partial charge in [0.05, 0.1) is 12.6 Å². The van der Waals surface area contributed by atoms with E-state index in [1.807, 2.05) is 31.2 Å². The molecule has 0 fully saturated rings. The predicted octanol–water partition coefficient (Wildman–Crippen LogP) is 2.42. The topological polar surface area (TPSA) is 58.6 Å². The molecule has 0 spiro atoms. The summed E-state index contributed by atoms with van der Waals surface area (Å²) in [6, 6.07) is 7.68. The van der Waals surface area contributed by atoms with Crippen LogP contribution >= 0.6 is 0 Å². The van der Waals surface area contributed by atoms with E-state index in [-0.39, 0.29) is 12.6 Å². The van der Waals surface area contributed by atoms with Gasteiger partial charge >= 0.3 is 6.09 Å². The summed E-state index contributed by atoms with van der Waals surface area (Å²) in [4.78, 5) is 11.6. The lowest BCUT2D eigenvalue weighted by atomic mass is 10.1. The average molecular weight is 265 g/mol. The molecule has 106 valence electrons. The Balaban J connectivity index is 2.54. The van der Waals surface area contributed by atoms with Gasteiger partial charge in [-0.2, -0.15) is 0 Å². The highest BCUT2D eigenvalue weighted by Gasteiger charge is 2.19. The summed E-state index contributed by atoms with van der Waals surface area (Å²) < 4.78 is 5.17. The molecule has 1 rings (SSSR count). The number of hydrogen-bond donors (Lipinski definition) is 2. The Morgan fingerprint density at radius 1 is 1.32 bits per heavy atom. The van der Waals surface area contributed by atoms with Crippen LogP contribution in [0.15, 0.2) is 24.3 Å². The van der Waals surface area contributed by atoms with Crippen LogP contribution in [0.3, 0.4) is 0 Å². The van der Waals surface area contributed by atoms with Crippen LogP contribution in [0.2, 0.25) is 0 Å². The number of benzene rings is 1. The van der Waals surface area contributed by atoms with Gasteiger partial charge in [0.1, 0.15) is 5.60 Å². The highest BCUT2D eigenvalue weighted by Crippen LogP contribution is 2.09. The minimum atomic E-state index is -0.534. The van der Waals surface area contributed by atoms with Crippen LogP contribution in [0, 0.1) is 6.92 Å². The van der Waals surface area contributed by atoms with Crippen molar-refractivity contribution in [1.82, 2.24) is 5.32 Å². The molecule has 0 saturated heterocycles. The Morgan fingerprint density at radius 3 is 2.37 bits per heavy atom. The van der Waals surface area contributed by atoms with E-state index in [9.17, 15) is 9.90 Å². The molecule has 1 aromatic rings. The normalized spacial score (nSPS) is 12.9. The van der Waals surface area contributed by atoms with Crippen molar-refractivity contribution in [2.24, 2.45) is 0 Å². The number of hydrogen-bond acceptors (Lipinski definition) is 3. The summed E-state index contributed by atoms with van der Waals surface area (Å²) in [7, 11) is 0. The summed E-state index contributed by atoms with van der Waals surface area (Å²) in [6.07, 6.45) is 0.0781. The number of carbonyl (C=O) groups excluding carboxylic acids is 1. The molecule has 1 amide bonds. The van der Waals surface area contributed by atoms with Gasteiger partial charge in [-0.25, -0.2) is 4.79 Å². The van der Waals surface area contributed by atoms with Crippen molar-refractivity contribution in [3.05, 3.63) is 35.4 Å². The standard InChI is InChI=1S/C15H23NO3/c1-11-5-7-12(8-6-11)9-13(10-17)16-14(18)19-15(2,3)4/h5-8,13,17H,9-10H2,1-4H3,(H,16,18). The lowest BCUT2D eigenvalue weighted by Crippen LogP contribution is -2.42. The lowest BCUT2D eigenvalue weighted by molar-refractivity contribution is 0.0483. The van der Waals surface area contributed by atoms with E-state index in [4.69, 9.17) is 4.74 Å². The van der Waals surface area contributed by atoms with E-state index in [0.717, 1.165) is 5.56 Å². The first-order chi connectivity index (χ1) is 8.80. The molecule has 2 N–H and O–H groups in total. The van der Waals surface area contributed by atoms with E-state index < -0.39 is 11.7 Å². The van der Waals surface area contributed by atoms with Crippen molar-refractivity contribution in [1.29, 1.82) is 0 Å². The summed E-state index contributed by atoms with van der Waals surface area (Å²) >= 11 is 0. The third kappa shape index (κ3) is 6.25. The highest BCUT2D eigenvalue weighted by atomic mass is 16.6. The van der Waals surface area contributed by atoms with Gasteiger partial charge in [0, 0.05) is 0 Å². The zero-order valence-electron chi connectivity index (χ0n) is 12.1. The fourth-order valence-electron chi connectivity index (χ4n) is 1.64. The van der Waals surface area contributed by atoms with E-state index in [1.54, 1.807) is 20.8 Å². The van der Waals surface area contributed by atoms with Gasteiger partial charge in [0.15, 0.2) is 0 Å². The Labute approximate surface area is 114 Å². The zero-order chi connectivity index (χ0) is 14.5. The molecule has 0 aliphatic rings. The van der Waals surface area contributed by atoms with Gasteiger partial charge < -0.3 is 15.2 Å². The molecule has 0 aromatic heterocycles. The highest BCUT2D eigenvalue weighted by molar-refractivity contribution is 5.68. The van der Waals surface area contributed by atoms with Gasteiger partial charge in [-0.3, -0.25) is 0 Å². The Hall–Kier alpha value is -1.55. The second-order valence-corrected chi connectivity index (χ2v) is 5.72. The molecule has 1 unspecified atom stereocenters. The molecular weight excluding hydrogens is 242 g/mol. The average Bonchev–Trinajstić information content (AvgIpc) is 2.28. The number of aryl methyl sites for hydroxylation is 1. The molecule has 4 heteroatoms. The van der Waals surface area contributed by atoms with E-state index in [2.05, 4.69) is 5.32 Å². The third-order valence-electron chi connectivity index (χ3n) is 2.54. The van der Waals surface area contributed by atoms with Gasteiger partial charge in [-0.05, 0) is 39.7 Å². The van der Waals surface area contributed by atoms with Gasteiger partial charge in [-0.1, -0.05) is 29.8 Å². The van der Waals surface area contributed by atoms with Crippen molar-refractivity contribution < 1.29 is 14.6 Å². The summed E-state index contributed by atoms with van der Waals surface area (Å²) in [5, 5.41) is 12.0. The molecule has 0 aliphatic carbocycles. The number of ether oxygens (including phenoxy) is 1. The molecule has 19 heavy (non-hydrogen) atoms. The van der Waals surface area contributed by atoms with Gasteiger partial charge in [0.25, 0.3) is 0 Å². The smallest absolute Gasteiger partial charge is 0.407 e. The van der Waals surface area contributed by atoms with Crippen LogP contribution in [0.4, 0.5) is 4.79 Å². The molecule has 1 aromatic carbocycles. The van der Waals surface area contributed by atoms with Gasteiger partial charge in [0.2, 0.25) is 0 Å². The maximum absolute atomic E-state index is 11.6. The molecule has 0 bridgehead atoms. The monoisotopic (exact) mass is 265 g/mol. The lowest BCUT2D eigenvalue weighted by Gasteiger charge is -2.22. The van der Waals surface area contributed by atoms with Gasteiger partial charge in [-0.15, -0.1) is 0 Å². The molecule has 0 aliphatic heterocycles. The van der Waals surface area contributed by atoms with Crippen LogP contribution in [0.25, 0.3) is 0 Å². The molecule has 0 saturated carbocycles. The molecule has 0 heterocycles. The number of aliphatic hydroxyl groups excluding tert-OH is 1. The zero-order valence-corrected chi connectivity index (χ0v) is 12.1. The second kappa shape index (κ2) is 6.57. The van der Waals surface area contributed by atoms with Crippen LogP contribution in [-0.2, 0) is 11.2 Å². The summed E-state index contributed by atoms with van der Waals surface area (Å²) in [5.41, 5.74) is 1.72. The number of aliphatic hydroxyl groups is 1. The van der Waals surface area contributed by atoms with Crippen LogP contribution in [-0.4, -0.2) is 29.4 Å². The maximum atomic E-state index is 11.6. The third-order valence-corrected chi connectivity index (χ3v) is 2.54. The Kier molecular flexibility index (Phi) is 5.36. The van der Waals surface area contributed by atoms with Crippen molar-refractivity contribution >= 4 is 6.09 Å². The minimum absolute atomic E-state index is 0.118. The first-order valence-corrected chi connectivity index (χ1v) is 6.46. The maximum Gasteiger partial charge on any atom is 0.407 e. The summed E-state index contributed by atoms with van der Waals surface area (Å²) in [5.74, 6) is 0. The number of alkyl carbamates (subject to hydrolysis) is 1. The van der Waals surface area contributed by atoms with E-state index in [1.165, 1.54) is 5.56 Å². The van der Waals surface area contributed by atoms with Crippen molar-refractivity contribution in [3.63, 3.8) is 0 Å². The first kappa shape index (κ1) is 15.5. The quantitative estimate of drug-likeness (QED) is 0.879. The Bertz CT molecular complexity index is 406. The van der Waals surface area contributed by atoms with E-state index in [0.29, 0.717) is 6.42 Å². The number of carbonyl (C=O) groups is 1. The fourth-order valence-corrected chi connectivity index (χ4v) is 1.64. The first-order valence-electron chi connectivity index (χ1n) is 6.46. The molecule has 1 atom stereocenters. The Morgan fingerprint density at radius 2 is 1.89 bits per heavy atom. The number of amides is 1. The molecule has 0 radical (unpaired) electrons. The SMILES string of the molecule is Cc1ccc(CC(CO)NC(=O)OC(C)(C)C)cc1. The number of rotatable bonds is 4. The second-order valence-electron chi connectivity index (χ2n) is 5.72. The van der Waals surface area contributed by atoms with Crippen molar-refractivity contribution in [2.75, 3.05) is 6.61 Å². The number of nitrogens with one attached hydrogen (secondary N) is 1. The van der Waals surface area contributed by atoms with E-state index >= 15 is 0 Å². The van der Waals surface area contributed by atoms with Crippen LogP contribution < -0.4 is 5.32 Å². The predicted molar refractivity (Wildman–Crippen MR) is 75.1 cm³/mol. The largest absolute Gasteiger partial charge is 0.444 e. The van der Waals surface area contributed by atoms with Crippen LogP contribution in [0.1, 0.15) is 31.9 Å². The minimum Gasteiger partial charge on any atom is -0.444 e. The molecular formula is C15H23NO3. The summed E-state index contributed by atoms with van der Waals surface area (Å²) in [6.45, 7) is 7.32. The van der Waals surface area contributed by atoms with Crippen molar-refractivity contribution in [2.45, 2.75) is 45.8 Å². The fraction of sp³-hybridized carbons (Fsp3) is 0.533.